The molecule has 1 atom stereocenters. The second-order valence-corrected chi connectivity index (χ2v) is 3.29. The van der Waals surface area contributed by atoms with E-state index in [0.29, 0.717) is 6.04 Å². The van der Waals surface area contributed by atoms with Crippen molar-refractivity contribution in [1.29, 1.82) is 0 Å². The van der Waals surface area contributed by atoms with Crippen molar-refractivity contribution in [3.05, 3.63) is 36.9 Å². The number of likely N-dealkylation sites (N-methyl/N-ethyl adjacent to an activating group) is 1. The van der Waals surface area contributed by atoms with Crippen molar-refractivity contribution >= 4 is 5.69 Å². The minimum absolute atomic E-state index is 0.321. The molecule has 0 bridgehead atoms. The van der Waals surface area contributed by atoms with Crippen LogP contribution in [0.5, 0.6) is 5.75 Å². The maximum absolute atomic E-state index is 5.17. The highest BCUT2D eigenvalue weighted by molar-refractivity contribution is 5.51. The van der Waals surface area contributed by atoms with Gasteiger partial charge in [-0.3, -0.25) is 0 Å². The molecule has 0 aliphatic rings. The van der Waals surface area contributed by atoms with Crippen molar-refractivity contribution in [3.8, 4) is 5.75 Å². The molecule has 0 spiro atoms. The van der Waals surface area contributed by atoms with Crippen LogP contribution in [0.25, 0.3) is 0 Å². The Hall–Kier alpha value is -1.44. The quantitative estimate of drug-likeness (QED) is 0.678. The molecule has 2 nitrogen and oxygen atoms in total. The molecule has 0 aromatic heterocycles. The number of ether oxygens (including phenoxy) is 1. The van der Waals surface area contributed by atoms with E-state index in [9.17, 15) is 0 Å². The van der Waals surface area contributed by atoms with Gasteiger partial charge in [0, 0.05) is 24.8 Å². The molecular formula is C12H17NO. The summed E-state index contributed by atoms with van der Waals surface area (Å²) in [5.41, 5.74) is 1.14. The van der Waals surface area contributed by atoms with Crippen LogP contribution in [0.3, 0.4) is 0 Å². The van der Waals surface area contributed by atoms with Crippen LogP contribution in [0.2, 0.25) is 0 Å². The van der Waals surface area contributed by atoms with E-state index in [1.807, 2.05) is 31.3 Å². The zero-order valence-electron chi connectivity index (χ0n) is 9.03. The van der Waals surface area contributed by atoms with E-state index in [4.69, 9.17) is 4.74 Å². The minimum atomic E-state index is 0.321. The maximum Gasteiger partial charge on any atom is 0.120 e. The first-order valence-electron chi connectivity index (χ1n) is 4.68. The Morgan fingerprint density at radius 1 is 1.50 bits per heavy atom. The molecule has 1 aromatic rings. The molecule has 1 rings (SSSR count). The Morgan fingerprint density at radius 2 is 2.21 bits per heavy atom. The molecule has 0 saturated heterocycles. The molecule has 0 radical (unpaired) electrons. The van der Waals surface area contributed by atoms with Gasteiger partial charge in [-0.2, -0.15) is 0 Å². The fraction of sp³-hybridized carbons (Fsp3) is 0.333. The second kappa shape index (κ2) is 4.70. The summed E-state index contributed by atoms with van der Waals surface area (Å²) < 4.78 is 5.17. The number of nitrogens with zero attached hydrogens (tertiary/aromatic N) is 1. The summed E-state index contributed by atoms with van der Waals surface area (Å²) in [5.74, 6) is 0.880. The van der Waals surface area contributed by atoms with Crippen LogP contribution < -0.4 is 9.64 Å². The lowest BCUT2D eigenvalue weighted by atomic mass is 10.2. The third kappa shape index (κ3) is 2.28. The molecule has 0 aliphatic heterocycles. The lowest BCUT2D eigenvalue weighted by molar-refractivity contribution is 0.415. The highest BCUT2D eigenvalue weighted by atomic mass is 16.5. The van der Waals surface area contributed by atoms with Crippen molar-refractivity contribution in [2.75, 3.05) is 19.1 Å². The molecule has 0 fully saturated rings. The van der Waals surface area contributed by atoms with Crippen LogP contribution >= 0.6 is 0 Å². The SMILES string of the molecule is C=CC(C)N(C)c1cccc(OC)c1. The predicted molar refractivity (Wildman–Crippen MR) is 61.1 cm³/mol. The summed E-state index contributed by atoms with van der Waals surface area (Å²) >= 11 is 0. The fourth-order valence-corrected chi connectivity index (χ4v) is 1.22. The van der Waals surface area contributed by atoms with Gasteiger partial charge in [-0.15, -0.1) is 6.58 Å². The van der Waals surface area contributed by atoms with Crippen molar-refractivity contribution < 1.29 is 4.74 Å². The van der Waals surface area contributed by atoms with E-state index < -0.39 is 0 Å². The standard InChI is InChI=1S/C12H17NO/c1-5-10(2)13(3)11-7-6-8-12(9-11)14-4/h5-10H,1H2,2-4H3. The molecule has 0 N–H and O–H groups in total. The number of anilines is 1. The van der Waals surface area contributed by atoms with Crippen LogP contribution in [0.1, 0.15) is 6.92 Å². The molecule has 76 valence electrons. The summed E-state index contributed by atoms with van der Waals surface area (Å²) in [6, 6.07) is 8.32. The Morgan fingerprint density at radius 3 is 2.79 bits per heavy atom. The molecular weight excluding hydrogens is 174 g/mol. The monoisotopic (exact) mass is 191 g/mol. The molecule has 2 heteroatoms. The average Bonchev–Trinajstić information content (AvgIpc) is 2.27. The van der Waals surface area contributed by atoms with Crippen LogP contribution in [-0.2, 0) is 0 Å². The van der Waals surface area contributed by atoms with Crippen LogP contribution in [0.15, 0.2) is 36.9 Å². The molecule has 14 heavy (non-hydrogen) atoms. The van der Waals surface area contributed by atoms with Crippen LogP contribution in [0.4, 0.5) is 5.69 Å². The van der Waals surface area contributed by atoms with Gasteiger partial charge in [0.2, 0.25) is 0 Å². The number of hydrogen-bond donors (Lipinski definition) is 0. The van der Waals surface area contributed by atoms with Crippen molar-refractivity contribution in [3.63, 3.8) is 0 Å². The van der Waals surface area contributed by atoms with Gasteiger partial charge in [0.1, 0.15) is 5.75 Å². The normalized spacial score (nSPS) is 11.9. The fourth-order valence-electron chi connectivity index (χ4n) is 1.22. The predicted octanol–water partition coefficient (Wildman–Crippen LogP) is 2.71. The first-order valence-corrected chi connectivity index (χ1v) is 4.68. The van der Waals surface area contributed by atoms with Gasteiger partial charge >= 0.3 is 0 Å². The van der Waals surface area contributed by atoms with E-state index in [1.165, 1.54) is 0 Å². The van der Waals surface area contributed by atoms with Gasteiger partial charge in [-0.1, -0.05) is 12.1 Å². The number of hydrogen-bond acceptors (Lipinski definition) is 2. The van der Waals surface area contributed by atoms with Crippen LogP contribution in [-0.4, -0.2) is 20.2 Å². The summed E-state index contributed by atoms with van der Waals surface area (Å²) in [6.45, 7) is 5.88. The summed E-state index contributed by atoms with van der Waals surface area (Å²) in [5, 5.41) is 0. The minimum Gasteiger partial charge on any atom is -0.497 e. The highest BCUT2D eigenvalue weighted by Crippen LogP contribution is 2.21. The third-order valence-corrected chi connectivity index (χ3v) is 2.41. The summed E-state index contributed by atoms with van der Waals surface area (Å²) in [7, 11) is 3.72. The average molecular weight is 191 g/mol. The maximum atomic E-state index is 5.17. The van der Waals surface area contributed by atoms with E-state index in [2.05, 4.69) is 24.5 Å². The second-order valence-electron chi connectivity index (χ2n) is 3.29. The molecule has 0 aliphatic carbocycles. The van der Waals surface area contributed by atoms with Crippen molar-refractivity contribution in [2.45, 2.75) is 13.0 Å². The molecule has 1 unspecified atom stereocenters. The Bertz CT molecular complexity index is 309. The molecule has 0 heterocycles. The Kier molecular flexibility index (Phi) is 3.57. The van der Waals surface area contributed by atoms with Gasteiger partial charge in [0.05, 0.1) is 7.11 Å². The zero-order valence-corrected chi connectivity index (χ0v) is 9.03. The smallest absolute Gasteiger partial charge is 0.120 e. The van der Waals surface area contributed by atoms with Crippen molar-refractivity contribution in [2.24, 2.45) is 0 Å². The number of rotatable bonds is 4. The van der Waals surface area contributed by atoms with E-state index in [0.717, 1.165) is 11.4 Å². The Balaban J connectivity index is 2.89. The Labute approximate surface area is 85.8 Å². The van der Waals surface area contributed by atoms with E-state index in [1.54, 1.807) is 7.11 Å². The third-order valence-electron chi connectivity index (χ3n) is 2.41. The first kappa shape index (κ1) is 10.6. The van der Waals surface area contributed by atoms with Gasteiger partial charge < -0.3 is 9.64 Å². The van der Waals surface area contributed by atoms with Gasteiger partial charge in [-0.05, 0) is 19.1 Å². The molecule has 0 amide bonds. The largest absolute Gasteiger partial charge is 0.497 e. The van der Waals surface area contributed by atoms with Crippen LogP contribution in [0, 0.1) is 0 Å². The van der Waals surface area contributed by atoms with Crippen molar-refractivity contribution in [1.82, 2.24) is 0 Å². The van der Waals surface area contributed by atoms with E-state index >= 15 is 0 Å². The zero-order chi connectivity index (χ0) is 10.6. The summed E-state index contributed by atoms with van der Waals surface area (Å²) in [4.78, 5) is 2.15. The highest BCUT2D eigenvalue weighted by Gasteiger charge is 2.06. The van der Waals surface area contributed by atoms with Gasteiger partial charge in [0.25, 0.3) is 0 Å². The van der Waals surface area contributed by atoms with Gasteiger partial charge in [0.15, 0.2) is 0 Å². The summed E-state index contributed by atoms with van der Waals surface area (Å²) in [6.07, 6.45) is 1.92. The molecule has 1 aromatic carbocycles. The molecule has 0 saturated carbocycles. The lowest BCUT2D eigenvalue weighted by Crippen LogP contribution is -2.26. The number of methoxy groups -OCH3 is 1. The van der Waals surface area contributed by atoms with E-state index in [-0.39, 0.29) is 0 Å². The number of benzene rings is 1. The van der Waals surface area contributed by atoms with Gasteiger partial charge in [-0.25, -0.2) is 0 Å². The first-order chi connectivity index (χ1) is 6.69. The lowest BCUT2D eigenvalue weighted by Gasteiger charge is -2.24. The topological polar surface area (TPSA) is 12.5 Å².